The fourth-order valence-electron chi connectivity index (χ4n) is 3.95. The second-order valence-corrected chi connectivity index (χ2v) is 9.11. The van der Waals surface area contributed by atoms with E-state index in [-0.39, 0.29) is 24.2 Å². The molecule has 7 heteroatoms. The Balaban J connectivity index is 2.07. The van der Waals surface area contributed by atoms with Crippen LogP contribution in [0.25, 0.3) is 0 Å². The fraction of sp³-hybridized carbons (Fsp3) is 0.550. The van der Waals surface area contributed by atoms with Crippen LogP contribution in [0.3, 0.4) is 0 Å². The van der Waals surface area contributed by atoms with E-state index in [2.05, 4.69) is 15.9 Å². The fourth-order valence-corrected chi connectivity index (χ4v) is 4.40. The van der Waals surface area contributed by atoms with Crippen molar-refractivity contribution in [1.29, 1.82) is 0 Å². The van der Waals surface area contributed by atoms with Gasteiger partial charge in [0.05, 0.1) is 7.11 Å². The van der Waals surface area contributed by atoms with Crippen molar-refractivity contribution >= 4 is 33.8 Å². The molecule has 1 amide bonds. The number of fused-ring (bicyclic) bond motifs is 2. The predicted molar refractivity (Wildman–Crippen MR) is 102 cm³/mol. The van der Waals surface area contributed by atoms with Gasteiger partial charge in [0.25, 0.3) is 0 Å². The van der Waals surface area contributed by atoms with Gasteiger partial charge in [-0.1, -0.05) is 28.1 Å². The first-order valence-corrected chi connectivity index (χ1v) is 9.77. The molecule has 1 aromatic carbocycles. The molecule has 2 bridgehead atoms. The SMILES string of the molecule is COC(=O)C1(Cc2cccc(Br)c2)C(=O)C2CC(C2)N1C(=O)OC(C)(C)C. The van der Waals surface area contributed by atoms with Gasteiger partial charge in [0.1, 0.15) is 5.60 Å². The van der Waals surface area contributed by atoms with E-state index < -0.39 is 23.2 Å². The maximum absolute atomic E-state index is 13.3. The third kappa shape index (κ3) is 3.49. The van der Waals surface area contributed by atoms with Crippen molar-refractivity contribution in [3.05, 3.63) is 34.3 Å². The number of carbonyl (C=O) groups is 3. The van der Waals surface area contributed by atoms with E-state index in [1.807, 2.05) is 24.3 Å². The minimum atomic E-state index is -1.69. The van der Waals surface area contributed by atoms with E-state index >= 15 is 0 Å². The van der Waals surface area contributed by atoms with Gasteiger partial charge in [-0.05, 0) is 51.3 Å². The summed E-state index contributed by atoms with van der Waals surface area (Å²) in [6.07, 6.45) is 0.536. The molecular weight excluding hydrogens is 414 g/mol. The summed E-state index contributed by atoms with van der Waals surface area (Å²) < 4.78 is 11.4. The van der Waals surface area contributed by atoms with Gasteiger partial charge >= 0.3 is 12.1 Å². The van der Waals surface area contributed by atoms with Gasteiger partial charge in [-0.3, -0.25) is 9.69 Å². The third-order valence-electron chi connectivity index (χ3n) is 5.13. The Labute approximate surface area is 167 Å². The van der Waals surface area contributed by atoms with Crippen molar-refractivity contribution in [2.24, 2.45) is 5.92 Å². The average molecular weight is 438 g/mol. The van der Waals surface area contributed by atoms with E-state index in [0.29, 0.717) is 12.8 Å². The third-order valence-corrected chi connectivity index (χ3v) is 5.62. The molecule has 1 aliphatic carbocycles. The molecule has 0 N–H and O–H groups in total. The first kappa shape index (κ1) is 19.9. The molecule has 1 aromatic rings. The van der Waals surface area contributed by atoms with Crippen LogP contribution < -0.4 is 0 Å². The number of methoxy groups -OCH3 is 1. The minimum Gasteiger partial charge on any atom is -0.467 e. The summed E-state index contributed by atoms with van der Waals surface area (Å²) in [6, 6.07) is 7.16. The predicted octanol–water partition coefficient (Wildman–Crippen LogP) is 3.50. The smallest absolute Gasteiger partial charge is 0.411 e. The molecular formula is C20H24BrNO5. The topological polar surface area (TPSA) is 72.9 Å². The van der Waals surface area contributed by atoms with E-state index in [4.69, 9.17) is 9.47 Å². The highest BCUT2D eigenvalue weighted by Gasteiger charge is 2.66. The summed E-state index contributed by atoms with van der Waals surface area (Å²) >= 11 is 3.41. The quantitative estimate of drug-likeness (QED) is 0.534. The summed E-state index contributed by atoms with van der Waals surface area (Å²) in [5, 5.41) is 0. The molecule has 0 spiro atoms. The van der Waals surface area contributed by atoms with Crippen molar-refractivity contribution in [3.63, 3.8) is 0 Å². The normalized spacial score (nSPS) is 27.0. The zero-order chi connectivity index (χ0) is 20.0. The Morgan fingerprint density at radius 3 is 2.52 bits per heavy atom. The molecule has 1 unspecified atom stereocenters. The highest BCUT2D eigenvalue weighted by Crippen LogP contribution is 2.47. The van der Waals surface area contributed by atoms with Crippen LogP contribution in [0.2, 0.25) is 0 Å². The number of nitrogens with zero attached hydrogens (tertiary/aromatic N) is 1. The number of benzene rings is 1. The van der Waals surface area contributed by atoms with Gasteiger partial charge in [0.2, 0.25) is 5.54 Å². The average Bonchev–Trinajstić information content (AvgIpc) is 2.52. The first-order chi connectivity index (χ1) is 12.6. The number of rotatable bonds is 3. The Hall–Kier alpha value is -1.89. The molecule has 6 nitrogen and oxygen atoms in total. The van der Waals surface area contributed by atoms with Gasteiger partial charge < -0.3 is 9.47 Å². The summed E-state index contributed by atoms with van der Waals surface area (Å²) in [7, 11) is 1.24. The summed E-state index contributed by atoms with van der Waals surface area (Å²) in [6.45, 7) is 5.27. The number of amides is 1. The molecule has 4 rings (SSSR count). The largest absolute Gasteiger partial charge is 0.467 e. The van der Waals surface area contributed by atoms with Crippen LogP contribution in [-0.2, 0) is 25.5 Å². The lowest BCUT2D eigenvalue weighted by Crippen LogP contribution is -2.75. The molecule has 2 aliphatic heterocycles. The zero-order valence-electron chi connectivity index (χ0n) is 16.0. The number of esters is 1. The van der Waals surface area contributed by atoms with Gasteiger partial charge in [-0.2, -0.15) is 0 Å². The lowest BCUT2D eigenvalue weighted by Gasteiger charge is -2.56. The maximum atomic E-state index is 13.3. The Bertz CT molecular complexity index is 781. The molecule has 146 valence electrons. The number of ether oxygens (including phenoxy) is 2. The molecule has 0 aromatic heterocycles. The number of halogens is 1. The molecule has 3 aliphatic rings. The van der Waals surface area contributed by atoms with Gasteiger partial charge in [-0.15, -0.1) is 0 Å². The van der Waals surface area contributed by atoms with Crippen molar-refractivity contribution in [3.8, 4) is 0 Å². The summed E-state index contributed by atoms with van der Waals surface area (Å²) in [5.74, 6) is -1.20. The zero-order valence-corrected chi connectivity index (χ0v) is 17.5. The highest BCUT2D eigenvalue weighted by atomic mass is 79.9. The number of carbonyl (C=O) groups excluding carboxylic acids is 3. The molecule has 2 saturated heterocycles. The summed E-state index contributed by atoms with van der Waals surface area (Å²) in [5.41, 5.74) is -1.67. The Morgan fingerprint density at radius 1 is 1.30 bits per heavy atom. The molecule has 1 atom stereocenters. The number of ketones is 1. The van der Waals surface area contributed by atoms with Crippen LogP contribution in [0.15, 0.2) is 28.7 Å². The van der Waals surface area contributed by atoms with Crippen LogP contribution in [0, 0.1) is 5.92 Å². The molecule has 1 saturated carbocycles. The van der Waals surface area contributed by atoms with Gasteiger partial charge in [0, 0.05) is 22.9 Å². The number of hydrogen-bond donors (Lipinski definition) is 0. The standard InChI is InChI=1S/C20H24BrNO5/c1-19(2,3)27-18(25)22-15-9-13(10-15)16(23)20(22,17(24)26-4)11-12-6-5-7-14(21)8-12/h5-8,13,15H,9-11H2,1-4H3. The van der Waals surface area contributed by atoms with Crippen LogP contribution in [0.5, 0.6) is 0 Å². The van der Waals surface area contributed by atoms with Crippen molar-refractivity contribution in [2.45, 2.75) is 57.2 Å². The monoisotopic (exact) mass is 437 g/mol. The van der Waals surface area contributed by atoms with Crippen LogP contribution in [0.1, 0.15) is 39.2 Å². The number of Topliss-reactive ketones (excluding diaryl/α,β-unsaturated/α-hetero) is 1. The second kappa shape index (κ2) is 6.93. The van der Waals surface area contributed by atoms with Crippen molar-refractivity contribution in [2.75, 3.05) is 7.11 Å². The number of hydrogen-bond acceptors (Lipinski definition) is 5. The molecule has 0 radical (unpaired) electrons. The second-order valence-electron chi connectivity index (χ2n) is 8.20. The number of piperidine rings is 2. The summed E-state index contributed by atoms with van der Waals surface area (Å²) in [4.78, 5) is 40.6. The molecule has 2 heterocycles. The van der Waals surface area contributed by atoms with Crippen molar-refractivity contribution < 1.29 is 23.9 Å². The Kier molecular flexibility index (Phi) is 5.10. The van der Waals surface area contributed by atoms with Gasteiger partial charge in [0.15, 0.2) is 5.78 Å². The molecule has 27 heavy (non-hydrogen) atoms. The van der Waals surface area contributed by atoms with Gasteiger partial charge in [-0.25, -0.2) is 9.59 Å². The minimum absolute atomic E-state index is 0.0597. The van der Waals surface area contributed by atoms with Crippen LogP contribution >= 0.6 is 15.9 Å². The van der Waals surface area contributed by atoms with Crippen LogP contribution in [0.4, 0.5) is 4.79 Å². The van der Waals surface area contributed by atoms with E-state index in [0.717, 1.165) is 10.0 Å². The lowest BCUT2D eigenvalue weighted by atomic mass is 9.63. The highest BCUT2D eigenvalue weighted by molar-refractivity contribution is 9.10. The first-order valence-electron chi connectivity index (χ1n) is 8.98. The maximum Gasteiger partial charge on any atom is 0.411 e. The Morgan fingerprint density at radius 2 is 1.96 bits per heavy atom. The van der Waals surface area contributed by atoms with E-state index in [1.54, 1.807) is 20.8 Å². The van der Waals surface area contributed by atoms with E-state index in [9.17, 15) is 14.4 Å². The molecule has 3 fully saturated rings. The van der Waals surface area contributed by atoms with Crippen molar-refractivity contribution in [1.82, 2.24) is 4.90 Å². The lowest BCUT2D eigenvalue weighted by molar-refractivity contribution is -0.177. The van der Waals surface area contributed by atoms with Crippen LogP contribution in [-0.4, -0.2) is 47.0 Å². The van der Waals surface area contributed by atoms with E-state index in [1.165, 1.54) is 12.0 Å².